The molecule has 0 radical (unpaired) electrons. The number of rotatable bonds is 25. The van der Waals surface area contributed by atoms with Crippen LogP contribution < -0.4 is 16.0 Å². The molecule has 0 aromatic carbocycles. The van der Waals surface area contributed by atoms with E-state index in [4.69, 9.17) is 42.6 Å². The Morgan fingerprint density at radius 2 is 1.51 bits per heavy atom. The van der Waals surface area contributed by atoms with E-state index < -0.39 is 116 Å². The molecule has 0 bridgehead atoms. The zero-order valence-corrected chi connectivity index (χ0v) is 35.2. The Labute approximate surface area is 344 Å². The van der Waals surface area contributed by atoms with E-state index >= 15 is 0 Å². The summed E-state index contributed by atoms with van der Waals surface area (Å²) in [7, 11) is 3.98. The quantitative estimate of drug-likeness (QED) is 0.0325. The maximum Gasteiger partial charge on any atom is 0.407 e. The average Bonchev–Trinajstić information content (AvgIpc) is 3.17. The maximum absolute atomic E-state index is 13.4. The van der Waals surface area contributed by atoms with E-state index in [-0.39, 0.29) is 57.2 Å². The fraction of sp³-hybridized carbons (Fsp3) is 0.892. The van der Waals surface area contributed by atoms with Crippen molar-refractivity contribution in [2.75, 3.05) is 80.7 Å². The van der Waals surface area contributed by atoms with E-state index in [0.717, 1.165) is 7.11 Å². The number of aliphatic hydroxyl groups is 6. The van der Waals surface area contributed by atoms with E-state index in [2.05, 4.69) is 16.0 Å². The van der Waals surface area contributed by atoms with Gasteiger partial charge in [0.15, 0.2) is 0 Å². The maximum atomic E-state index is 13.4. The first-order valence-electron chi connectivity index (χ1n) is 19.6. The molecular formula is C37H67N3O19. The Morgan fingerprint density at radius 1 is 0.864 bits per heavy atom. The first-order chi connectivity index (χ1) is 27.8. The molecule has 2 heterocycles. The summed E-state index contributed by atoms with van der Waals surface area (Å²) in [5.41, 5.74) is -1.50. The van der Waals surface area contributed by atoms with Gasteiger partial charge in [-0.1, -0.05) is 27.7 Å². The second-order valence-corrected chi connectivity index (χ2v) is 15.3. The van der Waals surface area contributed by atoms with E-state index in [1.54, 1.807) is 0 Å². The lowest BCUT2D eigenvalue weighted by Crippen LogP contribution is -2.70. The monoisotopic (exact) mass is 857 g/mol. The molecule has 59 heavy (non-hydrogen) atoms. The molecule has 11 atom stereocenters. The number of aliphatic hydroxyl groups excluding tert-OH is 6. The molecule has 9 N–H and O–H groups in total. The molecule has 2 aliphatic rings. The summed E-state index contributed by atoms with van der Waals surface area (Å²) in [6.07, 6.45) is -14.8. The van der Waals surface area contributed by atoms with E-state index in [9.17, 15) is 49.8 Å². The number of nitrogens with one attached hydrogen (secondary N) is 3. The molecule has 3 amide bonds. The Hall–Kier alpha value is -2.84. The number of esters is 1. The van der Waals surface area contributed by atoms with Crippen molar-refractivity contribution in [1.29, 1.82) is 0 Å². The van der Waals surface area contributed by atoms with Crippen molar-refractivity contribution in [2.24, 2.45) is 17.8 Å². The molecule has 0 spiro atoms. The molecule has 0 saturated carbocycles. The minimum absolute atomic E-state index is 0.0609. The van der Waals surface area contributed by atoms with Crippen LogP contribution in [-0.4, -0.2) is 202 Å². The van der Waals surface area contributed by atoms with Crippen molar-refractivity contribution < 1.29 is 92.4 Å². The summed E-state index contributed by atoms with van der Waals surface area (Å²) in [6, 6.07) is -1.59. The lowest BCUT2D eigenvalue weighted by atomic mass is 9.73. The minimum atomic E-state index is -2.59. The van der Waals surface area contributed by atoms with Gasteiger partial charge < -0.3 is 89.2 Å². The van der Waals surface area contributed by atoms with E-state index in [1.807, 2.05) is 27.7 Å². The van der Waals surface area contributed by atoms with Crippen molar-refractivity contribution in [3.05, 3.63) is 0 Å². The van der Waals surface area contributed by atoms with Crippen molar-refractivity contribution in [2.45, 2.75) is 114 Å². The summed E-state index contributed by atoms with van der Waals surface area (Å²) in [5, 5.41) is 72.2. The van der Waals surface area contributed by atoms with Crippen LogP contribution in [0.3, 0.4) is 0 Å². The van der Waals surface area contributed by atoms with Crippen LogP contribution >= 0.6 is 0 Å². The van der Waals surface area contributed by atoms with Gasteiger partial charge in [0.25, 0.3) is 5.79 Å². The normalized spacial score (nSPS) is 28.8. The fourth-order valence-electron chi connectivity index (χ4n) is 7.54. The Bertz CT molecular complexity index is 1290. The van der Waals surface area contributed by atoms with Crippen molar-refractivity contribution >= 4 is 23.9 Å². The smallest absolute Gasteiger partial charge is 0.407 e. The van der Waals surface area contributed by atoms with Crippen LogP contribution in [-0.2, 0) is 57.0 Å². The topological polar surface area (TPSA) is 309 Å². The molecule has 2 rings (SSSR count). The molecular weight excluding hydrogens is 790 g/mol. The van der Waals surface area contributed by atoms with E-state index in [1.165, 1.54) is 21.1 Å². The highest BCUT2D eigenvalue weighted by Gasteiger charge is 2.58. The SMILES string of the molecule is COCCOCC(COC(=O)NCC(=O)N[C@H]1C([C@H](O)[C@H](O)CO)O[C@@](OCC2O[C@@](NC(C)=O)(C(C(C)C)C(C)C)C[C@@H](O)[C@H]2O)(C(=O)OC)C[C@@H]1O)OCCOC. The lowest BCUT2D eigenvalue weighted by molar-refractivity contribution is -0.330. The molecule has 2 aliphatic heterocycles. The molecule has 2 fully saturated rings. The van der Waals surface area contributed by atoms with Crippen LogP contribution in [0.25, 0.3) is 0 Å². The van der Waals surface area contributed by atoms with Crippen molar-refractivity contribution in [1.82, 2.24) is 16.0 Å². The summed E-state index contributed by atoms with van der Waals surface area (Å²) in [5.74, 6) is -5.80. The van der Waals surface area contributed by atoms with Crippen molar-refractivity contribution in [3.8, 4) is 0 Å². The van der Waals surface area contributed by atoms with Crippen LogP contribution in [0, 0.1) is 17.8 Å². The second kappa shape index (κ2) is 25.2. The van der Waals surface area contributed by atoms with Gasteiger partial charge in [-0.05, 0) is 11.8 Å². The number of carbonyl (C=O) groups excluding carboxylic acids is 4. The number of carbonyl (C=O) groups is 4. The van der Waals surface area contributed by atoms with Crippen LogP contribution in [0.2, 0.25) is 0 Å². The number of hydrogen-bond acceptors (Lipinski definition) is 19. The third kappa shape index (κ3) is 15.2. The predicted molar refractivity (Wildman–Crippen MR) is 202 cm³/mol. The van der Waals surface area contributed by atoms with Crippen LogP contribution in [0.5, 0.6) is 0 Å². The minimum Gasteiger partial charge on any atom is -0.465 e. The summed E-state index contributed by atoms with van der Waals surface area (Å²) in [6.45, 7) is 7.34. The lowest BCUT2D eigenvalue weighted by Gasteiger charge is -2.52. The van der Waals surface area contributed by atoms with Gasteiger partial charge in [-0.3, -0.25) is 9.59 Å². The zero-order valence-electron chi connectivity index (χ0n) is 35.2. The number of amides is 3. The Morgan fingerprint density at radius 3 is 2.08 bits per heavy atom. The van der Waals surface area contributed by atoms with Gasteiger partial charge in [0, 0.05) is 39.9 Å². The highest BCUT2D eigenvalue weighted by molar-refractivity contribution is 5.82. The second-order valence-electron chi connectivity index (χ2n) is 15.3. The largest absolute Gasteiger partial charge is 0.465 e. The first kappa shape index (κ1) is 52.3. The Kier molecular flexibility index (Phi) is 22.3. The van der Waals surface area contributed by atoms with Crippen LogP contribution in [0.1, 0.15) is 47.5 Å². The highest BCUT2D eigenvalue weighted by Crippen LogP contribution is 2.42. The van der Waals surface area contributed by atoms with Gasteiger partial charge in [0.2, 0.25) is 11.8 Å². The molecule has 3 unspecified atom stereocenters. The number of ether oxygens (including phenoxy) is 9. The molecule has 0 aliphatic carbocycles. The standard InChI is InChI=1S/C37H67N3O19/c1-20(2)29(21(3)4)36(40-22(5)42)13-25(44)31(47)27(58-36)19-57-37(34(49)53-8)14-24(43)30(33(59-37)32(48)26(45)16-41)39-28(46)15-38-35(50)56-18-23(55-12-10-52-7)17-54-11-9-51-6/h20-21,23-27,29-33,41,43-45,47-48H,9-19H2,1-8H3,(H,38,50)(H,39,46)(H,40,42)/t23?,24-,25+,26+,27?,30+,31+,32+,33?,36+,37+/m0/s1. The summed E-state index contributed by atoms with van der Waals surface area (Å²) in [4.78, 5) is 51.5. The third-order valence-electron chi connectivity index (χ3n) is 9.98. The van der Waals surface area contributed by atoms with Gasteiger partial charge in [-0.25, -0.2) is 9.59 Å². The van der Waals surface area contributed by atoms with Crippen LogP contribution in [0.15, 0.2) is 0 Å². The van der Waals surface area contributed by atoms with Crippen LogP contribution in [0.4, 0.5) is 4.79 Å². The Balaban J connectivity index is 2.28. The molecule has 0 aromatic heterocycles. The fourth-order valence-corrected chi connectivity index (χ4v) is 7.54. The zero-order chi connectivity index (χ0) is 44.5. The van der Waals surface area contributed by atoms with Crippen molar-refractivity contribution in [3.63, 3.8) is 0 Å². The number of methoxy groups -OCH3 is 3. The van der Waals surface area contributed by atoms with Gasteiger partial charge in [0.1, 0.15) is 55.5 Å². The predicted octanol–water partition coefficient (Wildman–Crippen LogP) is -3.09. The first-order valence-corrected chi connectivity index (χ1v) is 19.6. The van der Waals surface area contributed by atoms with Gasteiger partial charge >= 0.3 is 12.1 Å². The van der Waals surface area contributed by atoms with Gasteiger partial charge in [-0.2, -0.15) is 0 Å². The van der Waals surface area contributed by atoms with E-state index in [0.29, 0.717) is 6.61 Å². The number of alkyl carbamates (subject to hydrolysis) is 1. The highest BCUT2D eigenvalue weighted by atomic mass is 16.7. The average molecular weight is 858 g/mol. The molecule has 344 valence electrons. The molecule has 22 nitrogen and oxygen atoms in total. The molecule has 0 aromatic rings. The summed E-state index contributed by atoms with van der Waals surface area (Å²) < 4.78 is 49.3. The molecule has 22 heteroatoms. The third-order valence-corrected chi connectivity index (χ3v) is 9.98. The van der Waals surface area contributed by atoms with Gasteiger partial charge in [-0.15, -0.1) is 0 Å². The van der Waals surface area contributed by atoms with Gasteiger partial charge in [0.05, 0.1) is 71.6 Å². The summed E-state index contributed by atoms with van der Waals surface area (Å²) >= 11 is 0. The number of hydrogen-bond donors (Lipinski definition) is 9. The molecule has 2 saturated heterocycles.